The Balaban J connectivity index is 2.41. The van der Waals surface area contributed by atoms with Gasteiger partial charge in [-0.25, -0.2) is 4.79 Å². The van der Waals surface area contributed by atoms with Crippen LogP contribution in [0, 0.1) is 0 Å². The number of nitrogens with one attached hydrogen (secondary N) is 1. The first-order chi connectivity index (χ1) is 13.1. The van der Waals surface area contributed by atoms with Crippen LogP contribution in [-0.4, -0.2) is 42.7 Å². The van der Waals surface area contributed by atoms with Crippen LogP contribution in [0.15, 0.2) is 24.3 Å². The van der Waals surface area contributed by atoms with Gasteiger partial charge in [0.15, 0.2) is 0 Å². The Hall–Kier alpha value is -2.12. The molecule has 0 aromatic heterocycles. The minimum Gasteiger partial charge on any atom is -0.494 e. The summed E-state index contributed by atoms with van der Waals surface area (Å²) in [6, 6.07) is 6.39. The zero-order valence-electron chi connectivity index (χ0n) is 16.0. The molecule has 0 aliphatic rings. The van der Waals surface area contributed by atoms with Gasteiger partial charge in [-0.1, -0.05) is 25.0 Å². The maximum absolute atomic E-state index is 11.8. The van der Waals surface area contributed by atoms with E-state index in [9.17, 15) is 14.7 Å². The second-order valence-electron chi connectivity index (χ2n) is 6.60. The minimum absolute atomic E-state index is 0.233. The molecule has 0 heterocycles. The summed E-state index contributed by atoms with van der Waals surface area (Å²) in [5.41, 5.74) is 11.7. The molecule has 0 aliphatic heterocycles. The van der Waals surface area contributed by atoms with Crippen LogP contribution in [0.3, 0.4) is 0 Å². The summed E-state index contributed by atoms with van der Waals surface area (Å²) in [4.78, 5) is 23.3. The number of hydrogen-bond acceptors (Lipinski definition) is 5. The Bertz CT molecular complexity index is 549. The molecule has 27 heavy (non-hydrogen) atoms. The molecule has 7 heteroatoms. The van der Waals surface area contributed by atoms with E-state index in [2.05, 4.69) is 5.32 Å². The maximum atomic E-state index is 11.8. The number of carbonyl (C=O) groups is 2. The molecule has 7 nitrogen and oxygen atoms in total. The van der Waals surface area contributed by atoms with E-state index in [0.29, 0.717) is 26.0 Å². The van der Waals surface area contributed by atoms with E-state index in [0.717, 1.165) is 50.0 Å². The third kappa shape index (κ3) is 10.6. The molecule has 0 saturated carbocycles. The number of carboxylic acid groups (broad SMARTS) is 1. The highest BCUT2D eigenvalue weighted by Gasteiger charge is 2.20. The van der Waals surface area contributed by atoms with E-state index in [-0.39, 0.29) is 12.3 Å². The van der Waals surface area contributed by atoms with Crippen molar-refractivity contribution in [2.75, 3.05) is 19.7 Å². The van der Waals surface area contributed by atoms with Gasteiger partial charge in [-0.2, -0.15) is 0 Å². The molecule has 0 fully saturated rings. The number of nitrogens with two attached hydrogens (primary N) is 2. The lowest BCUT2D eigenvalue weighted by atomic mass is 10.1. The Morgan fingerprint density at radius 2 is 1.59 bits per heavy atom. The van der Waals surface area contributed by atoms with Crippen molar-refractivity contribution >= 4 is 11.9 Å². The first kappa shape index (κ1) is 22.9. The molecule has 0 bridgehead atoms. The Morgan fingerprint density at radius 3 is 2.22 bits per heavy atom. The van der Waals surface area contributed by atoms with Crippen LogP contribution in [0.25, 0.3) is 0 Å². The molecule has 0 spiro atoms. The molecule has 1 unspecified atom stereocenters. The standard InChI is InChI=1S/C20H33N3O4/c21-12-4-1-2-6-14-27-17-10-8-16(9-11-17)15-18(20(25)26)23-19(24)7-3-5-13-22/h8-11,18H,1-7,12-15,21-22H2,(H,23,24)(H,25,26). The third-order valence-electron chi connectivity index (χ3n) is 4.22. The topological polar surface area (TPSA) is 128 Å². The predicted octanol–water partition coefficient (Wildman–Crippen LogP) is 1.83. The molecule has 0 saturated heterocycles. The SMILES string of the molecule is NCCCCCCOc1ccc(CC(NC(=O)CCCCN)C(=O)O)cc1. The van der Waals surface area contributed by atoms with Crippen molar-refractivity contribution in [3.63, 3.8) is 0 Å². The van der Waals surface area contributed by atoms with E-state index in [4.69, 9.17) is 16.2 Å². The number of carbonyl (C=O) groups excluding carboxylic acids is 1. The quantitative estimate of drug-likeness (QED) is 0.344. The summed E-state index contributed by atoms with van der Waals surface area (Å²) in [6.45, 7) is 1.91. The van der Waals surface area contributed by atoms with Crippen molar-refractivity contribution in [1.82, 2.24) is 5.32 Å². The number of unbranched alkanes of at least 4 members (excludes halogenated alkanes) is 4. The van der Waals surface area contributed by atoms with E-state index >= 15 is 0 Å². The van der Waals surface area contributed by atoms with Crippen molar-refractivity contribution in [2.45, 2.75) is 57.4 Å². The number of hydrogen-bond donors (Lipinski definition) is 4. The molecule has 1 rings (SSSR count). The highest BCUT2D eigenvalue weighted by molar-refractivity contribution is 5.83. The van der Waals surface area contributed by atoms with Gasteiger partial charge in [0.05, 0.1) is 6.61 Å². The summed E-state index contributed by atoms with van der Waals surface area (Å²) in [5.74, 6) is -0.541. The van der Waals surface area contributed by atoms with Crippen molar-refractivity contribution in [3.8, 4) is 5.75 Å². The van der Waals surface area contributed by atoms with Gasteiger partial charge < -0.3 is 26.6 Å². The fourth-order valence-corrected chi connectivity index (χ4v) is 2.64. The summed E-state index contributed by atoms with van der Waals surface area (Å²) in [5, 5.41) is 11.9. The maximum Gasteiger partial charge on any atom is 0.326 e. The van der Waals surface area contributed by atoms with Crippen molar-refractivity contribution < 1.29 is 19.4 Å². The highest BCUT2D eigenvalue weighted by Crippen LogP contribution is 2.14. The van der Waals surface area contributed by atoms with Crippen molar-refractivity contribution in [1.29, 1.82) is 0 Å². The van der Waals surface area contributed by atoms with E-state index in [1.54, 1.807) is 0 Å². The molecule has 6 N–H and O–H groups in total. The van der Waals surface area contributed by atoms with Gasteiger partial charge in [0.25, 0.3) is 0 Å². The lowest BCUT2D eigenvalue weighted by molar-refractivity contribution is -0.141. The normalized spacial score (nSPS) is 11.8. The fourth-order valence-electron chi connectivity index (χ4n) is 2.64. The average Bonchev–Trinajstić information content (AvgIpc) is 2.65. The number of aliphatic carboxylic acids is 1. The zero-order chi connectivity index (χ0) is 19.9. The third-order valence-corrected chi connectivity index (χ3v) is 4.22. The molecule has 0 aliphatic carbocycles. The van der Waals surface area contributed by atoms with E-state index in [1.807, 2.05) is 24.3 Å². The number of rotatable bonds is 15. The second-order valence-corrected chi connectivity index (χ2v) is 6.60. The number of ether oxygens (including phenoxy) is 1. The van der Waals surface area contributed by atoms with Gasteiger partial charge in [0.2, 0.25) is 5.91 Å². The number of benzene rings is 1. The molecule has 152 valence electrons. The fraction of sp³-hybridized carbons (Fsp3) is 0.600. The van der Waals surface area contributed by atoms with Crippen LogP contribution in [0.1, 0.15) is 50.5 Å². The molecule has 0 radical (unpaired) electrons. The molecular weight excluding hydrogens is 346 g/mol. The lowest BCUT2D eigenvalue weighted by Gasteiger charge is -2.15. The van der Waals surface area contributed by atoms with Crippen molar-refractivity contribution in [2.24, 2.45) is 11.5 Å². The van der Waals surface area contributed by atoms with Gasteiger partial charge in [-0.3, -0.25) is 4.79 Å². The molecule has 1 atom stereocenters. The van der Waals surface area contributed by atoms with Gasteiger partial charge in [0, 0.05) is 12.8 Å². The van der Waals surface area contributed by atoms with Gasteiger partial charge in [-0.05, 0) is 56.5 Å². The molecular formula is C20H33N3O4. The molecule has 1 aromatic carbocycles. The molecule has 1 aromatic rings. The molecule has 1 amide bonds. The predicted molar refractivity (Wildman–Crippen MR) is 106 cm³/mol. The Morgan fingerprint density at radius 1 is 0.963 bits per heavy atom. The lowest BCUT2D eigenvalue weighted by Crippen LogP contribution is -2.42. The minimum atomic E-state index is -1.04. The summed E-state index contributed by atoms with van der Waals surface area (Å²) in [6.07, 6.45) is 6.18. The zero-order valence-corrected chi connectivity index (χ0v) is 16.0. The van der Waals surface area contributed by atoms with Crippen LogP contribution >= 0.6 is 0 Å². The summed E-state index contributed by atoms with van der Waals surface area (Å²) >= 11 is 0. The van der Waals surface area contributed by atoms with Gasteiger partial charge >= 0.3 is 5.97 Å². The van der Waals surface area contributed by atoms with Crippen LogP contribution in [0.2, 0.25) is 0 Å². The monoisotopic (exact) mass is 379 g/mol. The number of carboxylic acids is 1. The largest absolute Gasteiger partial charge is 0.494 e. The van der Waals surface area contributed by atoms with Crippen LogP contribution in [0.4, 0.5) is 0 Å². The Labute approximate surface area is 161 Å². The summed E-state index contributed by atoms with van der Waals surface area (Å²) < 4.78 is 5.69. The van der Waals surface area contributed by atoms with E-state index < -0.39 is 12.0 Å². The highest BCUT2D eigenvalue weighted by atomic mass is 16.5. The first-order valence-corrected chi connectivity index (χ1v) is 9.71. The Kier molecular flexibility index (Phi) is 11.9. The van der Waals surface area contributed by atoms with Crippen LogP contribution < -0.4 is 21.5 Å². The smallest absolute Gasteiger partial charge is 0.326 e. The van der Waals surface area contributed by atoms with Gasteiger partial charge in [0.1, 0.15) is 11.8 Å². The second kappa shape index (κ2) is 14.0. The average molecular weight is 380 g/mol. The van der Waals surface area contributed by atoms with E-state index in [1.165, 1.54) is 0 Å². The van der Waals surface area contributed by atoms with Gasteiger partial charge in [-0.15, -0.1) is 0 Å². The van der Waals surface area contributed by atoms with Crippen molar-refractivity contribution in [3.05, 3.63) is 29.8 Å². The summed E-state index contributed by atoms with van der Waals surface area (Å²) in [7, 11) is 0. The number of amides is 1. The van der Waals surface area contributed by atoms with Crippen LogP contribution in [0.5, 0.6) is 5.75 Å². The van der Waals surface area contributed by atoms with Crippen LogP contribution in [-0.2, 0) is 16.0 Å². The first-order valence-electron chi connectivity index (χ1n) is 9.71.